The molecule has 1 amide bonds. The summed E-state index contributed by atoms with van der Waals surface area (Å²) in [4.78, 5) is 15.4. The van der Waals surface area contributed by atoms with E-state index in [4.69, 9.17) is 0 Å². The van der Waals surface area contributed by atoms with Gasteiger partial charge in [-0.1, -0.05) is 0 Å². The van der Waals surface area contributed by atoms with Gasteiger partial charge in [0.15, 0.2) is 0 Å². The predicted octanol–water partition coefficient (Wildman–Crippen LogP) is 1.82. The van der Waals surface area contributed by atoms with E-state index in [-0.39, 0.29) is 11.9 Å². The molecule has 0 aromatic carbocycles. The Kier molecular flexibility index (Phi) is 3.65. The van der Waals surface area contributed by atoms with E-state index in [1.54, 1.807) is 12.3 Å². The number of rotatable bonds is 2. The van der Waals surface area contributed by atoms with Crippen LogP contribution in [-0.2, 0) is 0 Å². The number of carbonyl (C=O) groups is 1. The van der Waals surface area contributed by atoms with E-state index in [1.165, 1.54) is 0 Å². The van der Waals surface area contributed by atoms with Crippen LogP contribution in [0, 0.1) is 3.70 Å². The zero-order valence-corrected chi connectivity index (χ0v) is 9.70. The van der Waals surface area contributed by atoms with E-state index in [9.17, 15) is 4.79 Å². The number of halogens is 1. The van der Waals surface area contributed by atoms with Crippen LogP contribution < -0.4 is 5.32 Å². The minimum absolute atomic E-state index is 0.0705. The Hall–Kier alpha value is -0.650. The van der Waals surface area contributed by atoms with E-state index in [0.29, 0.717) is 5.56 Å². The van der Waals surface area contributed by atoms with Crippen molar-refractivity contribution >= 4 is 28.5 Å². The fraction of sp³-hybridized carbons (Fsp3) is 0.333. The van der Waals surface area contributed by atoms with Gasteiger partial charge >= 0.3 is 0 Å². The van der Waals surface area contributed by atoms with Gasteiger partial charge in [-0.05, 0) is 48.6 Å². The van der Waals surface area contributed by atoms with E-state index >= 15 is 0 Å². The molecule has 4 heteroatoms. The average molecular weight is 290 g/mol. The zero-order valence-electron chi connectivity index (χ0n) is 7.54. The van der Waals surface area contributed by atoms with Crippen molar-refractivity contribution in [3.8, 4) is 0 Å². The maximum absolute atomic E-state index is 11.4. The summed E-state index contributed by atoms with van der Waals surface area (Å²) in [6.07, 6.45) is 1.58. The monoisotopic (exact) mass is 290 g/mol. The highest BCUT2D eigenvalue weighted by Crippen LogP contribution is 2.02. The second-order valence-electron chi connectivity index (χ2n) is 3.00. The largest absolute Gasteiger partial charge is 0.350 e. The van der Waals surface area contributed by atoms with Gasteiger partial charge < -0.3 is 5.32 Å². The first kappa shape index (κ1) is 10.4. The quantitative estimate of drug-likeness (QED) is 0.667. The molecule has 0 aliphatic carbocycles. The van der Waals surface area contributed by atoms with Crippen molar-refractivity contribution in [3.63, 3.8) is 0 Å². The van der Waals surface area contributed by atoms with Gasteiger partial charge in [-0.15, -0.1) is 0 Å². The molecular weight excluding hydrogens is 279 g/mol. The third-order valence-corrected chi connectivity index (χ3v) is 2.05. The van der Waals surface area contributed by atoms with Crippen molar-refractivity contribution in [2.45, 2.75) is 19.9 Å². The van der Waals surface area contributed by atoms with Crippen molar-refractivity contribution in [2.75, 3.05) is 0 Å². The molecule has 1 aromatic rings. The summed E-state index contributed by atoms with van der Waals surface area (Å²) < 4.78 is 0.888. The smallest absolute Gasteiger partial charge is 0.253 e. The molecule has 3 nitrogen and oxygen atoms in total. The number of carbonyl (C=O) groups excluding carboxylic acids is 1. The Labute approximate surface area is 91.1 Å². The third kappa shape index (κ3) is 3.30. The van der Waals surface area contributed by atoms with Crippen LogP contribution in [0.25, 0.3) is 0 Å². The predicted molar refractivity (Wildman–Crippen MR) is 59.6 cm³/mol. The molecule has 1 aromatic heterocycles. The molecule has 0 spiro atoms. The summed E-state index contributed by atoms with van der Waals surface area (Å²) in [6.45, 7) is 3.86. The fourth-order valence-electron chi connectivity index (χ4n) is 0.856. The second kappa shape index (κ2) is 4.55. The molecular formula is C9H11IN2O. The zero-order chi connectivity index (χ0) is 9.84. The normalized spacial score (nSPS) is 10.2. The van der Waals surface area contributed by atoms with Crippen LogP contribution in [0.1, 0.15) is 24.2 Å². The van der Waals surface area contributed by atoms with Crippen LogP contribution in [0.15, 0.2) is 18.3 Å². The standard InChI is InChI=1S/C9H11IN2O/c1-6(2)12-9(13)7-3-4-8(10)11-5-7/h3-6H,1-2H3,(H,12,13). The van der Waals surface area contributed by atoms with Gasteiger partial charge in [0, 0.05) is 12.2 Å². The SMILES string of the molecule is CC(C)NC(=O)c1ccc(I)nc1. The number of hydrogen-bond donors (Lipinski definition) is 1. The first-order chi connectivity index (χ1) is 6.09. The highest BCUT2D eigenvalue weighted by atomic mass is 127. The number of nitrogens with zero attached hydrogens (tertiary/aromatic N) is 1. The highest BCUT2D eigenvalue weighted by Gasteiger charge is 2.06. The molecule has 0 aliphatic rings. The average Bonchev–Trinajstić information content (AvgIpc) is 2.04. The molecule has 0 atom stereocenters. The van der Waals surface area contributed by atoms with Gasteiger partial charge in [-0.2, -0.15) is 0 Å². The molecule has 0 bridgehead atoms. The van der Waals surface area contributed by atoms with E-state index in [2.05, 4.69) is 32.9 Å². The molecule has 1 N–H and O–H groups in total. The molecule has 1 rings (SSSR count). The molecule has 0 radical (unpaired) electrons. The van der Waals surface area contributed by atoms with Crippen molar-refractivity contribution in [1.29, 1.82) is 0 Å². The van der Waals surface area contributed by atoms with Crippen LogP contribution in [0.5, 0.6) is 0 Å². The van der Waals surface area contributed by atoms with Gasteiger partial charge in [-0.25, -0.2) is 4.98 Å². The summed E-state index contributed by atoms with van der Waals surface area (Å²) in [7, 11) is 0. The molecule has 1 heterocycles. The van der Waals surface area contributed by atoms with Crippen molar-refractivity contribution in [3.05, 3.63) is 27.6 Å². The maximum atomic E-state index is 11.4. The number of nitrogens with one attached hydrogen (secondary N) is 1. The first-order valence-electron chi connectivity index (χ1n) is 4.02. The lowest BCUT2D eigenvalue weighted by atomic mass is 10.2. The van der Waals surface area contributed by atoms with Crippen molar-refractivity contribution in [2.24, 2.45) is 0 Å². The molecule has 0 unspecified atom stereocenters. The molecule has 13 heavy (non-hydrogen) atoms. The Morgan fingerprint density at radius 2 is 2.23 bits per heavy atom. The van der Waals surface area contributed by atoms with Gasteiger partial charge in [0.2, 0.25) is 0 Å². The van der Waals surface area contributed by atoms with Gasteiger partial charge in [0.05, 0.1) is 5.56 Å². The maximum Gasteiger partial charge on any atom is 0.253 e. The van der Waals surface area contributed by atoms with Crippen LogP contribution in [0.4, 0.5) is 0 Å². The van der Waals surface area contributed by atoms with Gasteiger partial charge in [0.1, 0.15) is 3.70 Å². The second-order valence-corrected chi connectivity index (χ2v) is 4.10. The lowest BCUT2D eigenvalue weighted by Crippen LogP contribution is -2.30. The number of pyridine rings is 1. The van der Waals surface area contributed by atoms with E-state index in [0.717, 1.165) is 3.70 Å². The minimum Gasteiger partial charge on any atom is -0.350 e. The van der Waals surface area contributed by atoms with Crippen LogP contribution in [-0.4, -0.2) is 16.9 Å². The molecule has 0 saturated heterocycles. The van der Waals surface area contributed by atoms with Crippen LogP contribution >= 0.6 is 22.6 Å². The van der Waals surface area contributed by atoms with E-state index < -0.39 is 0 Å². The first-order valence-corrected chi connectivity index (χ1v) is 5.10. The Balaban J connectivity index is 2.72. The Bertz CT molecular complexity index is 295. The third-order valence-electron chi connectivity index (χ3n) is 1.41. The summed E-state index contributed by atoms with van der Waals surface area (Å²) >= 11 is 2.10. The highest BCUT2D eigenvalue weighted by molar-refractivity contribution is 14.1. The van der Waals surface area contributed by atoms with E-state index in [1.807, 2.05) is 19.9 Å². The Morgan fingerprint density at radius 1 is 1.54 bits per heavy atom. The Morgan fingerprint density at radius 3 is 2.69 bits per heavy atom. The molecule has 0 fully saturated rings. The minimum atomic E-state index is -0.0705. The van der Waals surface area contributed by atoms with Gasteiger partial charge in [-0.3, -0.25) is 4.79 Å². The fourth-order valence-corrected chi connectivity index (χ4v) is 1.17. The van der Waals surface area contributed by atoms with Crippen LogP contribution in [0.3, 0.4) is 0 Å². The van der Waals surface area contributed by atoms with Crippen molar-refractivity contribution < 1.29 is 4.79 Å². The summed E-state index contributed by atoms with van der Waals surface area (Å²) in [5.74, 6) is -0.0705. The summed E-state index contributed by atoms with van der Waals surface area (Å²) in [6, 6.07) is 3.74. The number of hydrogen-bond acceptors (Lipinski definition) is 2. The van der Waals surface area contributed by atoms with Gasteiger partial charge in [0.25, 0.3) is 5.91 Å². The molecule has 70 valence electrons. The van der Waals surface area contributed by atoms with Crippen molar-refractivity contribution in [1.82, 2.24) is 10.3 Å². The topological polar surface area (TPSA) is 42.0 Å². The molecule has 0 saturated carbocycles. The van der Waals surface area contributed by atoms with Crippen LogP contribution in [0.2, 0.25) is 0 Å². The summed E-state index contributed by atoms with van der Waals surface area (Å²) in [5.41, 5.74) is 0.606. The number of amides is 1. The lowest BCUT2D eigenvalue weighted by Gasteiger charge is -2.07. The lowest BCUT2D eigenvalue weighted by molar-refractivity contribution is 0.0942. The summed E-state index contributed by atoms with van der Waals surface area (Å²) in [5, 5.41) is 2.80. The number of aromatic nitrogens is 1. The molecule has 0 aliphatic heterocycles.